The van der Waals surface area contributed by atoms with E-state index in [-0.39, 0.29) is 0 Å². The molecule has 2 rings (SSSR count). The molecule has 1 fully saturated rings. The van der Waals surface area contributed by atoms with Gasteiger partial charge in [0.1, 0.15) is 5.82 Å². The Bertz CT molecular complexity index is 321. The second kappa shape index (κ2) is 6.14. The van der Waals surface area contributed by atoms with Gasteiger partial charge in [-0.15, -0.1) is 0 Å². The number of hydrogen-bond donors (Lipinski definition) is 1. The van der Waals surface area contributed by atoms with Gasteiger partial charge in [-0.3, -0.25) is 0 Å². The van der Waals surface area contributed by atoms with Crippen molar-refractivity contribution >= 4 is 17.6 Å². The molecule has 0 atom stereocenters. The maximum absolute atomic E-state index is 4.54. The molecule has 0 radical (unpaired) electrons. The van der Waals surface area contributed by atoms with E-state index in [1.165, 1.54) is 37.8 Å². The van der Waals surface area contributed by atoms with E-state index in [0.717, 1.165) is 16.8 Å². The number of rotatable bonds is 4. The van der Waals surface area contributed by atoms with Gasteiger partial charge < -0.3 is 5.32 Å². The Hall–Kier alpha value is -0.700. The molecular weight excluding hydrogens is 216 g/mol. The van der Waals surface area contributed by atoms with Crippen LogP contribution in [0.15, 0.2) is 18.2 Å². The van der Waals surface area contributed by atoms with Crippen LogP contribution in [0, 0.1) is 0 Å². The summed E-state index contributed by atoms with van der Waals surface area (Å²) >= 11 is 2.08. The highest BCUT2D eigenvalue weighted by atomic mass is 32.2. The minimum absolute atomic E-state index is 0.869. The number of aromatic nitrogens is 1. The molecule has 0 aliphatic heterocycles. The van der Waals surface area contributed by atoms with E-state index in [1.807, 2.05) is 13.1 Å². The van der Waals surface area contributed by atoms with Crippen molar-refractivity contribution < 1.29 is 0 Å². The van der Waals surface area contributed by atoms with Gasteiger partial charge in [0.15, 0.2) is 0 Å². The highest BCUT2D eigenvalue weighted by Crippen LogP contribution is 2.30. The fourth-order valence-electron chi connectivity index (χ4n) is 2.13. The summed E-state index contributed by atoms with van der Waals surface area (Å²) in [4.78, 5) is 4.54. The van der Waals surface area contributed by atoms with Crippen molar-refractivity contribution in [3.05, 3.63) is 23.9 Å². The summed E-state index contributed by atoms with van der Waals surface area (Å²) in [5.41, 5.74) is 1.20. The third-order valence-electron chi connectivity index (χ3n) is 3.08. The summed E-state index contributed by atoms with van der Waals surface area (Å²) in [7, 11) is 1.92. The molecule has 1 aliphatic carbocycles. The van der Waals surface area contributed by atoms with Gasteiger partial charge >= 0.3 is 0 Å². The van der Waals surface area contributed by atoms with E-state index in [1.54, 1.807) is 0 Å². The molecule has 1 N–H and O–H groups in total. The third-order valence-corrected chi connectivity index (χ3v) is 4.49. The summed E-state index contributed by atoms with van der Waals surface area (Å²) < 4.78 is 0. The first-order chi connectivity index (χ1) is 7.88. The molecule has 0 aromatic carbocycles. The van der Waals surface area contributed by atoms with Crippen LogP contribution < -0.4 is 5.32 Å². The molecule has 88 valence electrons. The number of hydrogen-bond acceptors (Lipinski definition) is 3. The number of anilines is 1. The molecule has 0 bridgehead atoms. The zero-order valence-corrected chi connectivity index (χ0v) is 10.7. The molecule has 1 saturated carbocycles. The van der Waals surface area contributed by atoms with Gasteiger partial charge in [-0.05, 0) is 25.0 Å². The van der Waals surface area contributed by atoms with E-state index >= 15 is 0 Å². The van der Waals surface area contributed by atoms with E-state index in [4.69, 9.17) is 0 Å². The Balaban J connectivity index is 1.83. The largest absolute Gasteiger partial charge is 0.373 e. The van der Waals surface area contributed by atoms with Crippen molar-refractivity contribution in [3.8, 4) is 0 Å². The van der Waals surface area contributed by atoms with Crippen LogP contribution in [0.3, 0.4) is 0 Å². The SMILES string of the molecule is CNc1cccc(CSC2CCCCC2)n1. The molecule has 16 heavy (non-hydrogen) atoms. The zero-order valence-electron chi connectivity index (χ0n) is 9.91. The summed E-state index contributed by atoms with van der Waals surface area (Å²) in [5.74, 6) is 2.03. The Morgan fingerprint density at radius 2 is 2.12 bits per heavy atom. The van der Waals surface area contributed by atoms with Crippen LogP contribution in [-0.2, 0) is 5.75 Å². The third kappa shape index (κ3) is 3.41. The van der Waals surface area contributed by atoms with Crippen LogP contribution in [0.25, 0.3) is 0 Å². The molecule has 1 aromatic heterocycles. The maximum atomic E-state index is 4.54. The minimum Gasteiger partial charge on any atom is -0.373 e. The highest BCUT2D eigenvalue weighted by Gasteiger charge is 2.13. The van der Waals surface area contributed by atoms with Gasteiger partial charge in [0, 0.05) is 18.1 Å². The van der Waals surface area contributed by atoms with Gasteiger partial charge in [0.05, 0.1) is 5.69 Å². The predicted octanol–water partition coefficient (Wildman–Crippen LogP) is 3.69. The predicted molar refractivity (Wildman–Crippen MR) is 72.0 cm³/mol. The Morgan fingerprint density at radius 1 is 1.31 bits per heavy atom. The Labute approximate surface area is 102 Å². The highest BCUT2D eigenvalue weighted by molar-refractivity contribution is 7.99. The quantitative estimate of drug-likeness (QED) is 0.863. The molecule has 0 saturated heterocycles. The van der Waals surface area contributed by atoms with Crippen molar-refractivity contribution in [3.63, 3.8) is 0 Å². The van der Waals surface area contributed by atoms with Crippen LogP contribution in [0.5, 0.6) is 0 Å². The summed E-state index contributed by atoms with van der Waals surface area (Å²) in [6, 6.07) is 6.21. The van der Waals surface area contributed by atoms with Crippen molar-refractivity contribution in [1.29, 1.82) is 0 Å². The standard InChI is InChI=1S/C13H20N2S/c1-14-13-9-5-6-11(15-13)10-16-12-7-3-2-4-8-12/h5-6,9,12H,2-4,7-8,10H2,1H3,(H,14,15). The fraction of sp³-hybridized carbons (Fsp3) is 0.615. The summed E-state index contributed by atoms with van der Waals surface area (Å²) in [5, 5.41) is 3.95. The number of nitrogens with zero attached hydrogens (tertiary/aromatic N) is 1. The lowest BCUT2D eigenvalue weighted by Crippen LogP contribution is -2.08. The lowest BCUT2D eigenvalue weighted by atomic mass is 10.0. The molecule has 0 amide bonds. The Kier molecular flexibility index (Phi) is 4.52. The van der Waals surface area contributed by atoms with E-state index in [2.05, 4.69) is 34.2 Å². The van der Waals surface area contributed by atoms with Crippen LogP contribution in [0.4, 0.5) is 5.82 Å². The first-order valence-corrected chi connectivity index (χ1v) is 7.18. The molecule has 2 nitrogen and oxygen atoms in total. The summed E-state index contributed by atoms with van der Waals surface area (Å²) in [6.45, 7) is 0. The normalized spacial score (nSPS) is 17.3. The lowest BCUT2D eigenvalue weighted by molar-refractivity contribution is 0.516. The topological polar surface area (TPSA) is 24.9 Å². The van der Waals surface area contributed by atoms with Crippen molar-refractivity contribution in [2.24, 2.45) is 0 Å². The Morgan fingerprint density at radius 3 is 2.88 bits per heavy atom. The van der Waals surface area contributed by atoms with Gasteiger partial charge in [0.2, 0.25) is 0 Å². The van der Waals surface area contributed by atoms with Crippen LogP contribution >= 0.6 is 11.8 Å². The van der Waals surface area contributed by atoms with E-state index in [0.29, 0.717) is 0 Å². The zero-order chi connectivity index (χ0) is 11.2. The second-order valence-electron chi connectivity index (χ2n) is 4.34. The van der Waals surface area contributed by atoms with E-state index in [9.17, 15) is 0 Å². The molecular formula is C13H20N2S. The lowest BCUT2D eigenvalue weighted by Gasteiger charge is -2.20. The fourth-order valence-corrected chi connectivity index (χ4v) is 3.37. The van der Waals surface area contributed by atoms with Gasteiger partial charge in [0.25, 0.3) is 0 Å². The molecule has 0 spiro atoms. The van der Waals surface area contributed by atoms with Crippen molar-refractivity contribution in [1.82, 2.24) is 4.98 Å². The minimum atomic E-state index is 0.869. The average Bonchev–Trinajstić information content (AvgIpc) is 2.38. The van der Waals surface area contributed by atoms with Crippen LogP contribution in [-0.4, -0.2) is 17.3 Å². The first-order valence-electron chi connectivity index (χ1n) is 6.14. The van der Waals surface area contributed by atoms with Crippen LogP contribution in [0.2, 0.25) is 0 Å². The maximum Gasteiger partial charge on any atom is 0.125 e. The van der Waals surface area contributed by atoms with Gasteiger partial charge in [-0.25, -0.2) is 4.98 Å². The number of nitrogens with one attached hydrogen (secondary N) is 1. The monoisotopic (exact) mass is 236 g/mol. The van der Waals surface area contributed by atoms with Crippen molar-refractivity contribution in [2.75, 3.05) is 12.4 Å². The van der Waals surface area contributed by atoms with Crippen LogP contribution in [0.1, 0.15) is 37.8 Å². The molecule has 1 aromatic rings. The first kappa shape index (κ1) is 11.8. The average molecular weight is 236 g/mol. The van der Waals surface area contributed by atoms with Crippen molar-refractivity contribution in [2.45, 2.75) is 43.1 Å². The molecule has 0 unspecified atom stereocenters. The van der Waals surface area contributed by atoms with Gasteiger partial charge in [-0.1, -0.05) is 25.3 Å². The van der Waals surface area contributed by atoms with Gasteiger partial charge in [-0.2, -0.15) is 11.8 Å². The summed E-state index contributed by atoms with van der Waals surface area (Å²) in [6.07, 6.45) is 7.07. The second-order valence-corrected chi connectivity index (χ2v) is 5.62. The number of thioether (sulfide) groups is 1. The van der Waals surface area contributed by atoms with E-state index < -0.39 is 0 Å². The molecule has 3 heteroatoms. The molecule has 1 heterocycles. The number of pyridine rings is 1. The smallest absolute Gasteiger partial charge is 0.125 e. The molecule has 1 aliphatic rings.